The molecule has 0 aromatic heterocycles. The topological polar surface area (TPSA) is 38.3 Å². The van der Waals surface area contributed by atoms with Crippen molar-refractivity contribution >= 4 is 5.91 Å². The molecule has 0 saturated carbocycles. The van der Waals surface area contributed by atoms with E-state index in [-0.39, 0.29) is 18.0 Å². The summed E-state index contributed by atoms with van der Waals surface area (Å²) in [5, 5.41) is 0. The van der Waals surface area contributed by atoms with Crippen LogP contribution in [0.25, 0.3) is 0 Å². The van der Waals surface area contributed by atoms with E-state index in [4.69, 9.17) is 4.74 Å². The number of nitrogens with one attached hydrogen (secondary N) is 1. The number of rotatable bonds is 4. The molecule has 2 rings (SSSR count). The lowest BCUT2D eigenvalue weighted by atomic mass is 10.1. The molecule has 0 bridgehead atoms. The standard InChI is InChI=1S/C15H13F2NO2/c1-10-7-11(5-6-14(10)16)9-20-13-4-2-3-12(8-13)15(19)18-17/h2-8H,9H2,1H3,(H,18,19). The molecule has 0 heterocycles. The van der Waals surface area contributed by atoms with Crippen LogP contribution >= 0.6 is 0 Å². The smallest absolute Gasteiger partial charge is 0.279 e. The van der Waals surface area contributed by atoms with Gasteiger partial charge in [0.1, 0.15) is 18.2 Å². The van der Waals surface area contributed by atoms with Gasteiger partial charge in [-0.05, 0) is 48.4 Å². The van der Waals surface area contributed by atoms with Crippen LogP contribution in [0, 0.1) is 12.7 Å². The third kappa shape index (κ3) is 3.32. The highest BCUT2D eigenvalue weighted by Crippen LogP contribution is 2.16. The Kier molecular flexibility index (Phi) is 4.30. The van der Waals surface area contributed by atoms with Crippen molar-refractivity contribution in [1.82, 2.24) is 5.54 Å². The quantitative estimate of drug-likeness (QED) is 0.870. The third-order valence-corrected chi connectivity index (χ3v) is 2.81. The first kappa shape index (κ1) is 14.0. The Morgan fingerprint density at radius 3 is 2.75 bits per heavy atom. The summed E-state index contributed by atoms with van der Waals surface area (Å²) in [6.45, 7) is 1.91. The highest BCUT2D eigenvalue weighted by atomic mass is 19.2. The lowest BCUT2D eigenvalue weighted by molar-refractivity contribution is 0.0859. The van der Waals surface area contributed by atoms with Crippen LogP contribution in [-0.2, 0) is 6.61 Å². The summed E-state index contributed by atoms with van der Waals surface area (Å²) < 4.78 is 30.7. The molecule has 0 radical (unpaired) electrons. The predicted molar refractivity (Wildman–Crippen MR) is 70.5 cm³/mol. The number of amides is 1. The average Bonchev–Trinajstić information content (AvgIpc) is 2.48. The molecule has 0 aliphatic rings. The number of hydrogen-bond acceptors (Lipinski definition) is 2. The minimum atomic E-state index is -0.826. The van der Waals surface area contributed by atoms with Crippen LogP contribution in [-0.4, -0.2) is 5.91 Å². The van der Waals surface area contributed by atoms with Gasteiger partial charge in [0, 0.05) is 5.56 Å². The molecule has 20 heavy (non-hydrogen) atoms. The molecule has 1 N–H and O–H groups in total. The molecule has 5 heteroatoms. The molecule has 0 spiro atoms. The summed E-state index contributed by atoms with van der Waals surface area (Å²) in [7, 11) is 0. The molecular weight excluding hydrogens is 264 g/mol. The molecule has 2 aromatic rings. The average molecular weight is 277 g/mol. The number of hydrogen-bond donors (Lipinski definition) is 1. The molecule has 0 saturated heterocycles. The van der Waals surface area contributed by atoms with E-state index in [9.17, 15) is 13.7 Å². The highest BCUT2D eigenvalue weighted by molar-refractivity contribution is 5.93. The number of aryl methyl sites for hydroxylation is 1. The van der Waals surface area contributed by atoms with Crippen molar-refractivity contribution in [2.45, 2.75) is 13.5 Å². The second-order valence-electron chi connectivity index (χ2n) is 4.32. The Hall–Kier alpha value is -2.43. The maximum atomic E-state index is 13.1. The van der Waals surface area contributed by atoms with E-state index >= 15 is 0 Å². The van der Waals surface area contributed by atoms with Gasteiger partial charge < -0.3 is 4.74 Å². The molecule has 0 unspecified atom stereocenters. The number of carbonyl (C=O) groups excluding carboxylic acids is 1. The zero-order chi connectivity index (χ0) is 14.5. The lowest BCUT2D eigenvalue weighted by Crippen LogP contribution is -2.13. The minimum Gasteiger partial charge on any atom is -0.489 e. The first-order valence-electron chi connectivity index (χ1n) is 5.99. The van der Waals surface area contributed by atoms with Crippen LogP contribution in [0.15, 0.2) is 42.5 Å². The first-order valence-corrected chi connectivity index (χ1v) is 5.99. The number of carbonyl (C=O) groups is 1. The third-order valence-electron chi connectivity index (χ3n) is 2.81. The van der Waals surface area contributed by atoms with E-state index < -0.39 is 5.91 Å². The van der Waals surface area contributed by atoms with Gasteiger partial charge in [0.05, 0.1) is 0 Å². The van der Waals surface area contributed by atoms with E-state index in [1.165, 1.54) is 18.2 Å². The van der Waals surface area contributed by atoms with Gasteiger partial charge in [-0.25, -0.2) is 4.39 Å². The Balaban J connectivity index is 2.07. The second kappa shape index (κ2) is 6.14. The van der Waals surface area contributed by atoms with Crippen molar-refractivity contribution < 1.29 is 18.4 Å². The van der Waals surface area contributed by atoms with Crippen LogP contribution in [0.4, 0.5) is 8.87 Å². The summed E-state index contributed by atoms with van der Waals surface area (Å²) >= 11 is 0. The van der Waals surface area contributed by atoms with Gasteiger partial charge in [0.25, 0.3) is 5.91 Å². The molecule has 0 fully saturated rings. The molecule has 0 aliphatic carbocycles. The Bertz CT molecular complexity index is 629. The van der Waals surface area contributed by atoms with E-state index in [2.05, 4.69) is 0 Å². The fourth-order valence-electron chi connectivity index (χ4n) is 1.74. The van der Waals surface area contributed by atoms with Crippen molar-refractivity contribution in [3.8, 4) is 5.75 Å². The zero-order valence-electron chi connectivity index (χ0n) is 10.8. The minimum absolute atomic E-state index is 0.167. The summed E-state index contributed by atoms with van der Waals surface area (Å²) in [5.74, 6) is -0.656. The molecule has 3 nitrogen and oxygen atoms in total. The number of benzene rings is 2. The van der Waals surface area contributed by atoms with Crippen molar-refractivity contribution in [2.75, 3.05) is 0 Å². The van der Waals surface area contributed by atoms with Gasteiger partial charge in [0.15, 0.2) is 0 Å². The van der Waals surface area contributed by atoms with Gasteiger partial charge in [-0.1, -0.05) is 16.6 Å². The number of ether oxygens (including phenoxy) is 1. The van der Waals surface area contributed by atoms with Crippen LogP contribution in [0.1, 0.15) is 21.5 Å². The molecule has 0 atom stereocenters. The van der Waals surface area contributed by atoms with Gasteiger partial charge >= 0.3 is 0 Å². The first-order chi connectivity index (χ1) is 9.60. The normalized spacial score (nSPS) is 10.2. The van der Waals surface area contributed by atoms with E-state index in [1.807, 2.05) is 0 Å². The van der Waals surface area contributed by atoms with Crippen LogP contribution in [0.3, 0.4) is 0 Å². The van der Waals surface area contributed by atoms with Crippen LogP contribution in [0.2, 0.25) is 0 Å². The maximum absolute atomic E-state index is 13.1. The summed E-state index contributed by atoms with van der Waals surface area (Å²) in [6.07, 6.45) is 0. The maximum Gasteiger partial charge on any atom is 0.279 e. The summed E-state index contributed by atoms with van der Waals surface area (Å²) in [4.78, 5) is 11.1. The number of halogens is 2. The highest BCUT2D eigenvalue weighted by Gasteiger charge is 2.06. The zero-order valence-corrected chi connectivity index (χ0v) is 10.8. The lowest BCUT2D eigenvalue weighted by Gasteiger charge is -2.08. The Morgan fingerprint density at radius 2 is 2.05 bits per heavy atom. The van der Waals surface area contributed by atoms with Crippen molar-refractivity contribution in [1.29, 1.82) is 0 Å². The Morgan fingerprint density at radius 1 is 1.25 bits per heavy atom. The second-order valence-corrected chi connectivity index (χ2v) is 4.32. The predicted octanol–water partition coefficient (Wildman–Crippen LogP) is 3.33. The fraction of sp³-hybridized carbons (Fsp3) is 0.133. The van der Waals surface area contributed by atoms with Gasteiger partial charge in [-0.15, -0.1) is 0 Å². The monoisotopic (exact) mass is 277 g/mol. The molecule has 2 aromatic carbocycles. The summed E-state index contributed by atoms with van der Waals surface area (Å²) in [5.41, 5.74) is 2.57. The van der Waals surface area contributed by atoms with Gasteiger partial charge in [-0.2, -0.15) is 5.54 Å². The van der Waals surface area contributed by atoms with E-state index in [1.54, 1.807) is 31.2 Å². The Labute approximate surface area is 115 Å². The van der Waals surface area contributed by atoms with E-state index in [0.717, 1.165) is 11.1 Å². The molecular formula is C15H13F2NO2. The molecule has 1 amide bonds. The largest absolute Gasteiger partial charge is 0.489 e. The van der Waals surface area contributed by atoms with Crippen molar-refractivity contribution in [3.63, 3.8) is 0 Å². The SMILES string of the molecule is Cc1cc(COc2cccc(C(=O)NF)c2)ccc1F. The van der Waals surface area contributed by atoms with Gasteiger partial charge in [0.2, 0.25) is 0 Å². The van der Waals surface area contributed by atoms with Gasteiger partial charge in [-0.3, -0.25) is 4.79 Å². The summed E-state index contributed by atoms with van der Waals surface area (Å²) in [6, 6.07) is 10.9. The van der Waals surface area contributed by atoms with Crippen molar-refractivity contribution in [3.05, 3.63) is 65.0 Å². The van der Waals surface area contributed by atoms with E-state index in [0.29, 0.717) is 11.3 Å². The molecule has 104 valence electrons. The van der Waals surface area contributed by atoms with Crippen molar-refractivity contribution in [2.24, 2.45) is 0 Å². The molecule has 0 aliphatic heterocycles. The van der Waals surface area contributed by atoms with Crippen LogP contribution < -0.4 is 10.3 Å². The fourth-order valence-corrected chi connectivity index (χ4v) is 1.74. The van der Waals surface area contributed by atoms with Crippen LogP contribution in [0.5, 0.6) is 5.75 Å².